The maximum absolute atomic E-state index is 13.2. The molecule has 1 atom stereocenters. The Morgan fingerprint density at radius 3 is 2.34 bits per heavy atom. The molecular weight excluding hydrogens is 460 g/mol. The molecule has 1 unspecified atom stereocenters. The van der Waals surface area contributed by atoms with Gasteiger partial charge in [-0.3, -0.25) is 9.59 Å². The van der Waals surface area contributed by atoms with Crippen molar-refractivity contribution in [3.05, 3.63) is 65.7 Å². The van der Waals surface area contributed by atoms with Crippen molar-refractivity contribution in [3.8, 4) is 5.75 Å². The molecule has 0 N–H and O–H groups in total. The van der Waals surface area contributed by atoms with E-state index in [2.05, 4.69) is 22.5 Å². The number of sulfonamides is 1. The number of nitrogens with zero attached hydrogens (tertiary/aromatic N) is 2. The predicted octanol–water partition coefficient (Wildman–Crippen LogP) is 2.97. The molecule has 0 radical (unpaired) electrons. The molecule has 0 aromatic heterocycles. The van der Waals surface area contributed by atoms with Gasteiger partial charge in [0, 0.05) is 11.0 Å². The van der Waals surface area contributed by atoms with Gasteiger partial charge >= 0.3 is 0 Å². The molecule has 2 aromatic rings. The highest BCUT2D eigenvalue weighted by molar-refractivity contribution is 9.10. The van der Waals surface area contributed by atoms with E-state index in [9.17, 15) is 18.0 Å². The molecular formula is C20H19BrN2O5S. The highest BCUT2D eigenvalue weighted by Gasteiger charge is 2.46. The van der Waals surface area contributed by atoms with Crippen LogP contribution in [0.15, 0.2) is 70.6 Å². The van der Waals surface area contributed by atoms with E-state index in [1.54, 1.807) is 24.3 Å². The van der Waals surface area contributed by atoms with E-state index in [0.717, 1.165) is 13.7 Å². The summed E-state index contributed by atoms with van der Waals surface area (Å²) in [5, 5.41) is 0. The standard InChI is InChI=1S/C20H19BrN2O5S/c1-3-12-22(29(26,27)17-10-8-16(28-2)9-11-17)18-13-19(24)23(20(18)25)15-6-4-14(21)5-7-15/h3-11,18H,1,12-13H2,2H3. The van der Waals surface area contributed by atoms with Crippen LogP contribution in [0.4, 0.5) is 5.69 Å². The zero-order valence-corrected chi connectivity index (χ0v) is 18.0. The lowest BCUT2D eigenvalue weighted by Gasteiger charge is -2.25. The molecule has 3 rings (SSSR count). The smallest absolute Gasteiger partial charge is 0.252 e. The Morgan fingerprint density at radius 2 is 1.79 bits per heavy atom. The Balaban J connectivity index is 1.96. The van der Waals surface area contributed by atoms with Crippen molar-refractivity contribution < 1.29 is 22.7 Å². The van der Waals surface area contributed by atoms with Gasteiger partial charge in [0.2, 0.25) is 15.9 Å². The lowest BCUT2D eigenvalue weighted by atomic mass is 10.2. The minimum atomic E-state index is -4.04. The number of halogens is 1. The minimum absolute atomic E-state index is 0.00231. The van der Waals surface area contributed by atoms with Crippen molar-refractivity contribution >= 4 is 43.5 Å². The summed E-state index contributed by atoms with van der Waals surface area (Å²) < 4.78 is 33.3. The van der Waals surface area contributed by atoms with Crippen molar-refractivity contribution in [2.45, 2.75) is 17.4 Å². The van der Waals surface area contributed by atoms with Crippen LogP contribution >= 0.6 is 15.9 Å². The van der Waals surface area contributed by atoms with E-state index >= 15 is 0 Å². The van der Waals surface area contributed by atoms with Crippen molar-refractivity contribution in [2.75, 3.05) is 18.6 Å². The second-order valence-electron chi connectivity index (χ2n) is 6.30. The predicted molar refractivity (Wildman–Crippen MR) is 112 cm³/mol. The lowest BCUT2D eigenvalue weighted by molar-refractivity contribution is -0.122. The molecule has 0 saturated carbocycles. The average molecular weight is 479 g/mol. The summed E-state index contributed by atoms with van der Waals surface area (Å²) in [5.74, 6) is -0.537. The Labute approximate surface area is 177 Å². The fourth-order valence-corrected chi connectivity index (χ4v) is 4.92. The third-order valence-electron chi connectivity index (χ3n) is 4.53. The van der Waals surface area contributed by atoms with Gasteiger partial charge < -0.3 is 4.74 Å². The van der Waals surface area contributed by atoms with Crippen LogP contribution in [-0.2, 0) is 19.6 Å². The Bertz CT molecular complexity index is 1040. The topological polar surface area (TPSA) is 84.0 Å². The molecule has 1 aliphatic rings. The van der Waals surface area contributed by atoms with Gasteiger partial charge in [0.1, 0.15) is 11.8 Å². The summed E-state index contributed by atoms with van der Waals surface area (Å²) in [7, 11) is -2.56. The van der Waals surface area contributed by atoms with Crippen LogP contribution in [0, 0.1) is 0 Å². The summed E-state index contributed by atoms with van der Waals surface area (Å²) in [6, 6.07) is 11.4. The summed E-state index contributed by atoms with van der Waals surface area (Å²) in [4.78, 5) is 26.6. The summed E-state index contributed by atoms with van der Waals surface area (Å²) >= 11 is 3.31. The number of hydrogen-bond acceptors (Lipinski definition) is 5. The van der Waals surface area contributed by atoms with Crippen LogP contribution in [-0.4, -0.2) is 44.2 Å². The second-order valence-corrected chi connectivity index (χ2v) is 9.11. The lowest BCUT2D eigenvalue weighted by Crippen LogP contribution is -2.45. The van der Waals surface area contributed by atoms with Crippen molar-refractivity contribution in [1.29, 1.82) is 0 Å². The first-order valence-corrected chi connectivity index (χ1v) is 10.9. The number of carbonyl (C=O) groups is 2. The fourth-order valence-electron chi connectivity index (χ4n) is 3.11. The van der Waals surface area contributed by atoms with Crippen LogP contribution in [0.3, 0.4) is 0 Å². The molecule has 2 amide bonds. The average Bonchev–Trinajstić information content (AvgIpc) is 3.00. The van der Waals surface area contributed by atoms with Gasteiger partial charge in [-0.2, -0.15) is 4.31 Å². The van der Waals surface area contributed by atoms with E-state index in [1.165, 1.54) is 37.5 Å². The zero-order chi connectivity index (χ0) is 21.2. The fraction of sp³-hybridized carbons (Fsp3) is 0.200. The number of methoxy groups -OCH3 is 1. The number of anilines is 1. The second kappa shape index (κ2) is 8.48. The van der Waals surface area contributed by atoms with Crippen LogP contribution in [0.5, 0.6) is 5.75 Å². The Kier molecular flexibility index (Phi) is 6.21. The maximum Gasteiger partial charge on any atom is 0.252 e. The molecule has 9 heteroatoms. The van der Waals surface area contributed by atoms with Gasteiger partial charge in [-0.15, -0.1) is 6.58 Å². The van der Waals surface area contributed by atoms with Crippen LogP contribution in [0.1, 0.15) is 6.42 Å². The Hall–Kier alpha value is -2.49. The number of carbonyl (C=O) groups excluding carboxylic acids is 2. The molecule has 1 fully saturated rings. The van der Waals surface area contributed by atoms with Gasteiger partial charge in [-0.25, -0.2) is 13.3 Å². The van der Waals surface area contributed by atoms with Crippen molar-refractivity contribution in [3.63, 3.8) is 0 Å². The SMILES string of the molecule is C=CCN(C1CC(=O)N(c2ccc(Br)cc2)C1=O)S(=O)(=O)c1ccc(OC)cc1. The number of imide groups is 1. The Morgan fingerprint density at radius 1 is 1.17 bits per heavy atom. The van der Waals surface area contributed by atoms with E-state index in [0.29, 0.717) is 11.4 Å². The first-order valence-electron chi connectivity index (χ1n) is 8.68. The third kappa shape index (κ3) is 4.12. The number of amides is 2. The van der Waals surface area contributed by atoms with Gasteiger partial charge in [0.15, 0.2) is 0 Å². The van der Waals surface area contributed by atoms with Crippen LogP contribution in [0.25, 0.3) is 0 Å². The van der Waals surface area contributed by atoms with E-state index in [4.69, 9.17) is 4.74 Å². The zero-order valence-electron chi connectivity index (χ0n) is 15.6. The first kappa shape index (κ1) is 21.2. The van der Waals surface area contributed by atoms with E-state index in [-0.39, 0.29) is 17.9 Å². The summed E-state index contributed by atoms with van der Waals surface area (Å²) in [5.41, 5.74) is 0.395. The van der Waals surface area contributed by atoms with Gasteiger partial charge in [0.25, 0.3) is 5.91 Å². The van der Waals surface area contributed by atoms with Crippen LogP contribution < -0.4 is 9.64 Å². The molecule has 7 nitrogen and oxygen atoms in total. The first-order chi connectivity index (χ1) is 13.8. The monoisotopic (exact) mass is 478 g/mol. The molecule has 152 valence electrons. The van der Waals surface area contributed by atoms with E-state index in [1.807, 2.05) is 0 Å². The molecule has 0 spiro atoms. The third-order valence-corrected chi connectivity index (χ3v) is 6.95. The van der Waals surface area contributed by atoms with Gasteiger partial charge in [-0.05, 0) is 48.5 Å². The molecule has 0 aliphatic carbocycles. The van der Waals surface area contributed by atoms with E-state index < -0.39 is 27.9 Å². The largest absolute Gasteiger partial charge is 0.497 e. The quantitative estimate of drug-likeness (QED) is 0.451. The number of hydrogen-bond donors (Lipinski definition) is 0. The summed E-state index contributed by atoms with van der Waals surface area (Å²) in [6.45, 7) is 3.49. The molecule has 1 heterocycles. The highest BCUT2D eigenvalue weighted by atomic mass is 79.9. The minimum Gasteiger partial charge on any atom is -0.497 e. The number of rotatable bonds is 7. The van der Waals surface area contributed by atoms with Crippen LogP contribution in [0.2, 0.25) is 0 Å². The summed E-state index contributed by atoms with van der Waals surface area (Å²) in [6.07, 6.45) is 1.15. The maximum atomic E-state index is 13.2. The number of ether oxygens (including phenoxy) is 1. The van der Waals surface area contributed by atoms with Crippen molar-refractivity contribution in [1.82, 2.24) is 4.31 Å². The molecule has 29 heavy (non-hydrogen) atoms. The molecule has 1 saturated heterocycles. The highest BCUT2D eigenvalue weighted by Crippen LogP contribution is 2.30. The van der Waals surface area contributed by atoms with Gasteiger partial charge in [-0.1, -0.05) is 22.0 Å². The van der Waals surface area contributed by atoms with Gasteiger partial charge in [0.05, 0.1) is 24.1 Å². The molecule has 0 bridgehead atoms. The molecule has 1 aliphatic heterocycles. The van der Waals surface area contributed by atoms with Crippen molar-refractivity contribution in [2.24, 2.45) is 0 Å². The normalized spacial score (nSPS) is 17.1. The number of benzene rings is 2. The molecule has 2 aromatic carbocycles.